The third kappa shape index (κ3) is 2.14. The van der Waals surface area contributed by atoms with Crippen molar-refractivity contribution in [1.82, 2.24) is 20.2 Å². The molecule has 0 aliphatic rings. The van der Waals surface area contributed by atoms with Crippen LogP contribution in [0.3, 0.4) is 0 Å². The van der Waals surface area contributed by atoms with Crippen LogP contribution in [0.4, 0.5) is 0 Å². The van der Waals surface area contributed by atoms with Crippen molar-refractivity contribution in [3.05, 3.63) is 30.1 Å². The predicted molar refractivity (Wildman–Crippen MR) is 59.9 cm³/mol. The Morgan fingerprint density at radius 2 is 2.06 bits per heavy atom. The summed E-state index contributed by atoms with van der Waals surface area (Å²) < 4.78 is 6.95. The molecule has 0 N–H and O–H groups in total. The molecule has 0 saturated heterocycles. The molecule has 0 amide bonds. The van der Waals surface area contributed by atoms with E-state index in [9.17, 15) is 0 Å². The zero-order valence-corrected chi connectivity index (χ0v) is 9.55. The first-order chi connectivity index (χ1) is 7.85. The Labute approximate surface area is 98.0 Å². The number of benzene rings is 1. The number of alkyl halides is 1. The Bertz CT molecular complexity index is 454. The van der Waals surface area contributed by atoms with Gasteiger partial charge in [0.25, 0.3) is 0 Å². The van der Waals surface area contributed by atoms with Gasteiger partial charge in [-0.3, -0.25) is 0 Å². The van der Waals surface area contributed by atoms with Crippen molar-refractivity contribution >= 4 is 11.6 Å². The third-order valence-electron chi connectivity index (χ3n) is 2.05. The maximum absolute atomic E-state index is 5.72. The number of hydrogen-bond donors (Lipinski definition) is 0. The second kappa shape index (κ2) is 4.94. The van der Waals surface area contributed by atoms with E-state index < -0.39 is 0 Å². The van der Waals surface area contributed by atoms with E-state index in [0.717, 1.165) is 11.4 Å². The highest BCUT2D eigenvalue weighted by molar-refractivity contribution is 6.16. The van der Waals surface area contributed by atoms with Crippen molar-refractivity contribution in [2.24, 2.45) is 0 Å². The van der Waals surface area contributed by atoms with Crippen LogP contribution in [-0.2, 0) is 5.88 Å². The standard InChI is InChI=1S/C10H11ClN4O/c1-2-16-9-5-3-8(4-6-9)15-10(7-11)12-13-14-15/h3-6H,2,7H2,1H3. The summed E-state index contributed by atoms with van der Waals surface area (Å²) >= 11 is 5.72. The summed E-state index contributed by atoms with van der Waals surface area (Å²) in [6.07, 6.45) is 0. The lowest BCUT2D eigenvalue weighted by Crippen LogP contribution is -2.01. The topological polar surface area (TPSA) is 52.8 Å². The van der Waals surface area contributed by atoms with Crippen molar-refractivity contribution in [3.63, 3.8) is 0 Å². The lowest BCUT2D eigenvalue weighted by molar-refractivity contribution is 0.340. The van der Waals surface area contributed by atoms with E-state index >= 15 is 0 Å². The maximum Gasteiger partial charge on any atom is 0.171 e. The minimum atomic E-state index is 0.278. The molecular formula is C10H11ClN4O. The third-order valence-corrected chi connectivity index (χ3v) is 2.28. The lowest BCUT2D eigenvalue weighted by Gasteiger charge is -2.05. The van der Waals surface area contributed by atoms with Gasteiger partial charge in [-0.05, 0) is 41.6 Å². The first-order valence-electron chi connectivity index (χ1n) is 4.91. The molecule has 0 unspecified atom stereocenters. The average molecular weight is 239 g/mol. The summed E-state index contributed by atoms with van der Waals surface area (Å²) in [5.41, 5.74) is 0.865. The number of rotatable bonds is 4. The number of nitrogens with zero attached hydrogens (tertiary/aromatic N) is 4. The van der Waals surface area contributed by atoms with E-state index in [4.69, 9.17) is 16.3 Å². The predicted octanol–water partition coefficient (Wildman–Crippen LogP) is 1.80. The van der Waals surface area contributed by atoms with Crippen LogP contribution >= 0.6 is 11.6 Å². The molecule has 0 spiro atoms. The monoisotopic (exact) mass is 238 g/mol. The molecule has 0 aliphatic carbocycles. The summed E-state index contributed by atoms with van der Waals surface area (Å²) in [4.78, 5) is 0. The summed E-state index contributed by atoms with van der Waals surface area (Å²) in [5.74, 6) is 1.72. The van der Waals surface area contributed by atoms with E-state index in [0.29, 0.717) is 12.4 Å². The summed E-state index contributed by atoms with van der Waals surface area (Å²) in [7, 11) is 0. The highest BCUT2D eigenvalue weighted by Gasteiger charge is 2.06. The smallest absolute Gasteiger partial charge is 0.171 e. The van der Waals surface area contributed by atoms with Crippen molar-refractivity contribution < 1.29 is 4.74 Å². The fraction of sp³-hybridized carbons (Fsp3) is 0.300. The molecule has 0 bridgehead atoms. The Morgan fingerprint density at radius 3 is 2.69 bits per heavy atom. The van der Waals surface area contributed by atoms with Gasteiger partial charge in [-0.25, -0.2) is 0 Å². The van der Waals surface area contributed by atoms with E-state index in [2.05, 4.69) is 15.5 Å². The first kappa shape index (κ1) is 10.9. The van der Waals surface area contributed by atoms with Crippen LogP contribution in [0.15, 0.2) is 24.3 Å². The molecule has 0 aliphatic heterocycles. The second-order valence-electron chi connectivity index (χ2n) is 3.07. The zero-order chi connectivity index (χ0) is 11.4. The van der Waals surface area contributed by atoms with Crippen LogP contribution in [0.5, 0.6) is 5.75 Å². The molecule has 0 fully saturated rings. The van der Waals surface area contributed by atoms with Gasteiger partial charge in [0.15, 0.2) is 5.82 Å². The molecule has 16 heavy (non-hydrogen) atoms. The van der Waals surface area contributed by atoms with Gasteiger partial charge < -0.3 is 4.74 Å². The molecule has 84 valence electrons. The van der Waals surface area contributed by atoms with Gasteiger partial charge in [0.2, 0.25) is 0 Å². The van der Waals surface area contributed by atoms with Crippen LogP contribution in [0.1, 0.15) is 12.7 Å². The number of hydrogen-bond acceptors (Lipinski definition) is 4. The van der Waals surface area contributed by atoms with Crippen LogP contribution in [0.25, 0.3) is 5.69 Å². The van der Waals surface area contributed by atoms with Gasteiger partial charge in [0.05, 0.1) is 18.2 Å². The fourth-order valence-corrected chi connectivity index (χ4v) is 1.51. The van der Waals surface area contributed by atoms with Crippen LogP contribution in [0, 0.1) is 0 Å². The van der Waals surface area contributed by atoms with Crippen LogP contribution < -0.4 is 4.74 Å². The van der Waals surface area contributed by atoms with Gasteiger partial charge in [-0.15, -0.1) is 16.7 Å². The van der Waals surface area contributed by atoms with E-state index in [1.54, 1.807) is 4.68 Å². The molecule has 1 aromatic carbocycles. The van der Waals surface area contributed by atoms with E-state index in [-0.39, 0.29) is 5.88 Å². The molecule has 1 aromatic heterocycles. The van der Waals surface area contributed by atoms with Crippen LogP contribution in [0.2, 0.25) is 0 Å². The fourth-order valence-electron chi connectivity index (χ4n) is 1.34. The first-order valence-corrected chi connectivity index (χ1v) is 5.45. The summed E-state index contributed by atoms with van der Waals surface area (Å²) in [6, 6.07) is 7.52. The summed E-state index contributed by atoms with van der Waals surface area (Å²) in [5, 5.41) is 11.2. The van der Waals surface area contributed by atoms with Crippen LogP contribution in [-0.4, -0.2) is 26.8 Å². The number of halogens is 1. The Hall–Kier alpha value is -1.62. The molecule has 6 heteroatoms. The second-order valence-corrected chi connectivity index (χ2v) is 3.33. The number of ether oxygens (including phenoxy) is 1. The molecule has 0 radical (unpaired) electrons. The highest BCUT2D eigenvalue weighted by atomic mass is 35.5. The van der Waals surface area contributed by atoms with Gasteiger partial charge in [-0.2, -0.15) is 4.68 Å². The maximum atomic E-state index is 5.72. The molecular weight excluding hydrogens is 228 g/mol. The minimum Gasteiger partial charge on any atom is -0.494 e. The van der Waals surface area contributed by atoms with E-state index in [1.807, 2.05) is 31.2 Å². The molecule has 2 aromatic rings. The molecule has 5 nitrogen and oxygen atoms in total. The lowest BCUT2D eigenvalue weighted by atomic mass is 10.3. The molecule has 0 saturated carbocycles. The molecule has 1 heterocycles. The van der Waals surface area contributed by atoms with Gasteiger partial charge in [0, 0.05) is 0 Å². The SMILES string of the molecule is CCOc1ccc(-n2nnnc2CCl)cc1. The van der Waals surface area contributed by atoms with Crippen molar-refractivity contribution in [2.75, 3.05) is 6.61 Å². The Morgan fingerprint density at radius 1 is 1.31 bits per heavy atom. The minimum absolute atomic E-state index is 0.278. The molecule has 0 atom stereocenters. The molecule has 2 rings (SSSR count). The van der Waals surface area contributed by atoms with Crippen molar-refractivity contribution in [2.45, 2.75) is 12.8 Å². The zero-order valence-electron chi connectivity index (χ0n) is 8.80. The van der Waals surface area contributed by atoms with Crippen molar-refractivity contribution in [1.29, 1.82) is 0 Å². The van der Waals surface area contributed by atoms with Gasteiger partial charge in [-0.1, -0.05) is 0 Å². The van der Waals surface area contributed by atoms with E-state index in [1.165, 1.54) is 0 Å². The highest BCUT2D eigenvalue weighted by Crippen LogP contribution is 2.15. The van der Waals surface area contributed by atoms with Gasteiger partial charge in [0.1, 0.15) is 5.75 Å². The summed E-state index contributed by atoms with van der Waals surface area (Å²) in [6.45, 7) is 2.60. The largest absolute Gasteiger partial charge is 0.494 e. The number of tetrazole rings is 1. The quantitative estimate of drug-likeness (QED) is 0.763. The normalized spacial score (nSPS) is 10.4. The number of aromatic nitrogens is 4. The Balaban J connectivity index is 2.27. The van der Waals surface area contributed by atoms with Crippen molar-refractivity contribution in [3.8, 4) is 11.4 Å². The Kier molecular flexibility index (Phi) is 3.36. The van der Waals surface area contributed by atoms with Gasteiger partial charge >= 0.3 is 0 Å². The average Bonchev–Trinajstić information content (AvgIpc) is 2.78.